The van der Waals surface area contributed by atoms with E-state index in [-0.39, 0.29) is 12.1 Å². The number of carboxylic acids is 1. The van der Waals surface area contributed by atoms with E-state index in [9.17, 15) is 18.0 Å². The Labute approximate surface area is 89.9 Å². The molecule has 16 heavy (non-hydrogen) atoms. The van der Waals surface area contributed by atoms with Crippen LogP contribution in [0.2, 0.25) is 0 Å². The van der Waals surface area contributed by atoms with E-state index in [1.54, 1.807) is 6.92 Å². The number of rotatable bonds is 4. The lowest BCUT2D eigenvalue weighted by Gasteiger charge is -2.13. The van der Waals surface area contributed by atoms with Gasteiger partial charge in [-0.05, 0) is 6.42 Å². The molecule has 1 rings (SSSR count). The summed E-state index contributed by atoms with van der Waals surface area (Å²) in [5, 5.41) is 11.1. The van der Waals surface area contributed by atoms with Crippen molar-refractivity contribution >= 4 is 11.7 Å². The zero-order chi connectivity index (χ0) is 12.3. The first-order chi connectivity index (χ1) is 7.45. The molecule has 0 spiro atoms. The van der Waals surface area contributed by atoms with Gasteiger partial charge in [-0.2, -0.15) is 0 Å². The Morgan fingerprint density at radius 1 is 1.38 bits per heavy atom. The van der Waals surface area contributed by atoms with E-state index in [1.807, 2.05) is 0 Å². The highest BCUT2D eigenvalue weighted by Crippen LogP contribution is 2.18. The smallest absolute Gasteiger partial charge is 0.326 e. The molecule has 1 atom stereocenters. The summed E-state index contributed by atoms with van der Waals surface area (Å²) in [6, 6.07) is 0.456. The van der Waals surface area contributed by atoms with Gasteiger partial charge in [0.2, 0.25) is 0 Å². The van der Waals surface area contributed by atoms with Crippen molar-refractivity contribution in [3.05, 3.63) is 29.6 Å². The third kappa shape index (κ3) is 2.65. The highest BCUT2D eigenvalue weighted by atomic mass is 19.2. The normalized spacial score (nSPS) is 12.2. The Bertz CT molecular complexity index is 386. The van der Waals surface area contributed by atoms with Crippen LogP contribution in [-0.4, -0.2) is 17.1 Å². The Morgan fingerprint density at radius 2 is 1.88 bits per heavy atom. The van der Waals surface area contributed by atoms with Crippen LogP contribution in [0.5, 0.6) is 0 Å². The third-order valence-electron chi connectivity index (χ3n) is 2.03. The van der Waals surface area contributed by atoms with Gasteiger partial charge in [0.05, 0.1) is 0 Å². The zero-order valence-electron chi connectivity index (χ0n) is 8.43. The molecular weight excluding hydrogens is 223 g/mol. The Balaban J connectivity index is 2.93. The number of carboxylic acid groups (broad SMARTS) is 1. The van der Waals surface area contributed by atoms with Crippen molar-refractivity contribution < 1.29 is 23.1 Å². The maximum absolute atomic E-state index is 12.8. The first-order valence-corrected chi connectivity index (χ1v) is 4.59. The molecule has 88 valence electrons. The fraction of sp³-hybridized carbons (Fsp3) is 0.300. The van der Waals surface area contributed by atoms with Gasteiger partial charge < -0.3 is 10.4 Å². The third-order valence-corrected chi connectivity index (χ3v) is 2.03. The van der Waals surface area contributed by atoms with E-state index in [4.69, 9.17) is 5.11 Å². The molecule has 1 aromatic rings. The van der Waals surface area contributed by atoms with Crippen LogP contribution < -0.4 is 5.32 Å². The van der Waals surface area contributed by atoms with Crippen molar-refractivity contribution in [2.24, 2.45) is 0 Å². The Kier molecular flexibility index (Phi) is 3.76. The predicted octanol–water partition coefficient (Wildman–Crippen LogP) is 2.38. The molecule has 0 fully saturated rings. The lowest BCUT2D eigenvalue weighted by molar-refractivity contribution is -0.137. The molecule has 0 amide bonds. The van der Waals surface area contributed by atoms with Crippen molar-refractivity contribution in [3.8, 4) is 0 Å². The predicted molar refractivity (Wildman–Crippen MR) is 51.7 cm³/mol. The van der Waals surface area contributed by atoms with Crippen molar-refractivity contribution in [1.29, 1.82) is 0 Å². The fourth-order valence-corrected chi connectivity index (χ4v) is 1.18. The number of anilines is 1. The van der Waals surface area contributed by atoms with Crippen molar-refractivity contribution in [1.82, 2.24) is 0 Å². The Morgan fingerprint density at radius 3 is 2.25 bits per heavy atom. The summed E-state index contributed by atoms with van der Waals surface area (Å²) >= 11 is 0. The molecule has 0 saturated carbocycles. The van der Waals surface area contributed by atoms with E-state index >= 15 is 0 Å². The van der Waals surface area contributed by atoms with E-state index in [0.29, 0.717) is 12.1 Å². The van der Waals surface area contributed by atoms with Gasteiger partial charge in [-0.1, -0.05) is 6.92 Å². The van der Waals surface area contributed by atoms with Gasteiger partial charge in [-0.15, -0.1) is 0 Å². The van der Waals surface area contributed by atoms with Crippen LogP contribution in [0.3, 0.4) is 0 Å². The molecule has 6 heteroatoms. The second-order valence-corrected chi connectivity index (χ2v) is 3.20. The van der Waals surface area contributed by atoms with Gasteiger partial charge in [0.15, 0.2) is 17.5 Å². The summed E-state index contributed by atoms with van der Waals surface area (Å²) in [5.41, 5.74) is -0.106. The lowest BCUT2D eigenvalue weighted by atomic mass is 10.2. The van der Waals surface area contributed by atoms with Gasteiger partial charge in [0.25, 0.3) is 0 Å². The molecule has 1 aromatic carbocycles. The van der Waals surface area contributed by atoms with E-state index in [2.05, 4.69) is 5.32 Å². The maximum Gasteiger partial charge on any atom is 0.326 e. The fourth-order valence-electron chi connectivity index (χ4n) is 1.18. The van der Waals surface area contributed by atoms with Gasteiger partial charge in [-0.25, -0.2) is 18.0 Å². The first kappa shape index (κ1) is 12.4. The SMILES string of the molecule is CCC(Nc1cc(F)c(F)c(F)c1)C(=O)O. The average Bonchev–Trinajstić information content (AvgIpc) is 2.21. The summed E-state index contributed by atoms with van der Waals surface area (Å²) in [5.74, 6) is -5.44. The highest BCUT2D eigenvalue weighted by Gasteiger charge is 2.17. The summed E-state index contributed by atoms with van der Waals surface area (Å²) in [6.07, 6.45) is 0.232. The van der Waals surface area contributed by atoms with Gasteiger partial charge in [0.1, 0.15) is 6.04 Å². The molecule has 0 aliphatic carbocycles. The largest absolute Gasteiger partial charge is 0.480 e. The van der Waals surface area contributed by atoms with Crippen molar-refractivity contribution in [3.63, 3.8) is 0 Å². The molecule has 1 unspecified atom stereocenters. The van der Waals surface area contributed by atoms with Crippen LogP contribution >= 0.6 is 0 Å². The molecule has 0 aliphatic heterocycles. The summed E-state index contributed by atoms with van der Waals surface area (Å²) in [7, 11) is 0. The molecule has 0 aliphatic rings. The summed E-state index contributed by atoms with van der Waals surface area (Å²) < 4.78 is 38.2. The van der Waals surface area contributed by atoms with Crippen LogP contribution in [0.25, 0.3) is 0 Å². The van der Waals surface area contributed by atoms with Crippen LogP contribution in [0.1, 0.15) is 13.3 Å². The molecule has 0 heterocycles. The summed E-state index contributed by atoms with van der Waals surface area (Å²) in [6.45, 7) is 1.60. The molecule has 0 saturated heterocycles. The van der Waals surface area contributed by atoms with E-state index < -0.39 is 29.5 Å². The average molecular weight is 233 g/mol. The van der Waals surface area contributed by atoms with Crippen LogP contribution in [0.4, 0.5) is 18.9 Å². The topological polar surface area (TPSA) is 49.3 Å². The molecular formula is C10H10F3NO2. The quantitative estimate of drug-likeness (QED) is 0.785. The number of aliphatic carboxylic acids is 1. The van der Waals surface area contributed by atoms with Crippen LogP contribution in [-0.2, 0) is 4.79 Å². The summed E-state index contributed by atoms with van der Waals surface area (Å²) in [4.78, 5) is 10.6. The Hall–Kier alpha value is -1.72. The zero-order valence-corrected chi connectivity index (χ0v) is 8.43. The van der Waals surface area contributed by atoms with Gasteiger partial charge >= 0.3 is 5.97 Å². The van der Waals surface area contributed by atoms with E-state index in [1.165, 1.54) is 0 Å². The molecule has 0 radical (unpaired) electrons. The number of benzene rings is 1. The highest BCUT2D eigenvalue weighted by molar-refractivity contribution is 5.77. The maximum atomic E-state index is 12.8. The number of halogens is 3. The second kappa shape index (κ2) is 4.87. The minimum absolute atomic E-state index is 0.106. The number of nitrogens with one attached hydrogen (secondary N) is 1. The number of carbonyl (C=O) groups is 1. The lowest BCUT2D eigenvalue weighted by Crippen LogP contribution is -2.28. The minimum Gasteiger partial charge on any atom is -0.480 e. The molecule has 2 N–H and O–H groups in total. The second-order valence-electron chi connectivity index (χ2n) is 3.20. The minimum atomic E-state index is -1.58. The van der Waals surface area contributed by atoms with Crippen LogP contribution in [0.15, 0.2) is 12.1 Å². The molecule has 3 nitrogen and oxygen atoms in total. The van der Waals surface area contributed by atoms with Gasteiger partial charge in [-0.3, -0.25) is 0 Å². The molecule has 0 aromatic heterocycles. The number of hydrogen-bond donors (Lipinski definition) is 2. The van der Waals surface area contributed by atoms with E-state index in [0.717, 1.165) is 0 Å². The van der Waals surface area contributed by atoms with Crippen molar-refractivity contribution in [2.45, 2.75) is 19.4 Å². The first-order valence-electron chi connectivity index (χ1n) is 4.59. The van der Waals surface area contributed by atoms with Crippen molar-refractivity contribution in [2.75, 3.05) is 5.32 Å². The standard InChI is InChI=1S/C10H10F3NO2/c1-2-8(10(15)16)14-5-3-6(11)9(13)7(12)4-5/h3-4,8,14H,2H2,1H3,(H,15,16). The van der Waals surface area contributed by atoms with Gasteiger partial charge in [0, 0.05) is 17.8 Å². The number of hydrogen-bond acceptors (Lipinski definition) is 2. The van der Waals surface area contributed by atoms with Crippen LogP contribution in [0, 0.1) is 17.5 Å². The monoisotopic (exact) mass is 233 g/mol. The molecule has 0 bridgehead atoms.